The summed E-state index contributed by atoms with van der Waals surface area (Å²) in [6.45, 7) is 5.42. The van der Waals surface area contributed by atoms with Gasteiger partial charge in [-0.2, -0.15) is 0 Å². The molecule has 0 atom stereocenters. The number of rotatable bonds is 3. The van der Waals surface area contributed by atoms with Gasteiger partial charge in [0.2, 0.25) is 5.78 Å². The molecule has 1 fully saturated rings. The van der Waals surface area contributed by atoms with E-state index in [1.54, 1.807) is 19.1 Å². The van der Waals surface area contributed by atoms with E-state index in [1.807, 2.05) is 30.3 Å². The summed E-state index contributed by atoms with van der Waals surface area (Å²) in [6.07, 6.45) is 1.73. The quantitative estimate of drug-likeness (QED) is 0.842. The first kappa shape index (κ1) is 16.8. The molecule has 4 rings (SSSR count). The largest absolute Gasteiger partial charge is 0.872 e. The van der Waals surface area contributed by atoms with E-state index in [2.05, 4.69) is 0 Å². The van der Waals surface area contributed by atoms with Crippen LogP contribution in [0.2, 0.25) is 0 Å². The van der Waals surface area contributed by atoms with Gasteiger partial charge in [0.1, 0.15) is 25.4 Å². The number of allylic oxidation sites excluding steroid dienone is 1. The van der Waals surface area contributed by atoms with E-state index >= 15 is 0 Å². The van der Waals surface area contributed by atoms with Crippen molar-refractivity contribution in [3.05, 3.63) is 64.4 Å². The van der Waals surface area contributed by atoms with Crippen LogP contribution in [0.1, 0.15) is 27.0 Å². The fraction of sp³-hybridized carbons (Fsp3) is 0.286. The van der Waals surface area contributed by atoms with Gasteiger partial charge in [0.05, 0.1) is 18.8 Å². The van der Waals surface area contributed by atoms with Crippen LogP contribution in [-0.4, -0.2) is 32.1 Å². The molecule has 0 aliphatic carbocycles. The Morgan fingerprint density at radius 1 is 1.19 bits per heavy atom. The van der Waals surface area contributed by atoms with Crippen molar-refractivity contribution in [1.29, 1.82) is 0 Å². The van der Waals surface area contributed by atoms with Gasteiger partial charge in [-0.25, -0.2) is 0 Å². The van der Waals surface area contributed by atoms with Crippen LogP contribution < -0.4 is 14.7 Å². The highest BCUT2D eigenvalue weighted by molar-refractivity contribution is 6.15. The Kier molecular flexibility index (Phi) is 4.49. The number of ketones is 1. The maximum Gasteiger partial charge on any atom is 0.232 e. The lowest BCUT2D eigenvalue weighted by atomic mass is 9.99. The van der Waals surface area contributed by atoms with E-state index in [0.717, 1.165) is 18.7 Å². The van der Waals surface area contributed by atoms with Gasteiger partial charge in [-0.1, -0.05) is 42.1 Å². The maximum absolute atomic E-state index is 12.9. The topological polar surface area (TPSA) is 63.0 Å². The van der Waals surface area contributed by atoms with Crippen molar-refractivity contribution < 1.29 is 24.3 Å². The predicted octanol–water partition coefficient (Wildman–Crippen LogP) is 1.10. The molecule has 26 heavy (non-hydrogen) atoms. The van der Waals surface area contributed by atoms with E-state index in [1.165, 1.54) is 4.90 Å². The third kappa shape index (κ3) is 3.11. The number of carbonyl (C=O) groups excluding carboxylic acids is 1. The van der Waals surface area contributed by atoms with Gasteiger partial charge in [-0.3, -0.25) is 4.79 Å². The molecule has 0 spiro atoms. The molecule has 1 N–H and O–H groups in total. The van der Waals surface area contributed by atoms with Gasteiger partial charge in [0, 0.05) is 5.56 Å². The van der Waals surface area contributed by atoms with E-state index < -0.39 is 0 Å². The summed E-state index contributed by atoms with van der Waals surface area (Å²) in [4.78, 5) is 14.1. The smallest absolute Gasteiger partial charge is 0.232 e. The highest BCUT2D eigenvalue weighted by Crippen LogP contribution is 2.40. The predicted molar refractivity (Wildman–Crippen MR) is 95.2 cm³/mol. The molecule has 2 aromatic carbocycles. The van der Waals surface area contributed by atoms with Crippen LogP contribution in [0.25, 0.3) is 6.08 Å². The molecule has 0 bridgehead atoms. The van der Waals surface area contributed by atoms with Crippen LogP contribution in [0.5, 0.6) is 11.5 Å². The van der Waals surface area contributed by atoms with E-state index in [9.17, 15) is 9.90 Å². The Hall–Kier alpha value is -2.63. The number of quaternary nitrogens is 1. The molecule has 0 aromatic heterocycles. The molecule has 5 heteroatoms. The molecule has 134 valence electrons. The van der Waals surface area contributed by atoms with E-state index in [4.69, 9.17) is 9.47 Å². The molecular weight excluding hydrogens is 330 g/mol. The molecule has 0 unspecified atom stereocenters. The van der Waals surface area contributed by atoms with Gasteiger partial charge in [-0.05, 0) is 24.1 Å². The summed E-state index contributed by atoms with van der Waals surface area (Å²) < 4.78 is 11.3. The zero-order valence-corrected chi connectivity index (χ0v) is 14.7. The van der Waals surface area contributed by atoms with Crippen LogP contribution in [-0.2, 0) is 11.3 Å². The normalized spacial score (nSPS) is 18.8. The first-order valence-corrected chi connectivity index (χ1v) is 8.87. The number of aryl methyl sites for hydroxylation is 1. The molecule has 2 aromatic rings. The third-order valence-electron chi connectivity index (χ3n) is 4.93. The van der Waals surface area contributed by atoms with Crippen molar-refractivity contribution in [2.24, 2.45) is 0 Å². The molecule has 0 amide bonds. The summed E-state index contributed by atoms with van der Waals surface area (Å²) in [5.74, 6) is 0.507. The van der Waals surface area contributed by atoms with E-state index in [-0.39, 0.29) is 17.3 Å². The SMILES string of the molecule is Cc1cc([O-])c(C[NH+]2CCOCC2)c2c1C(=O)C(=Cc1ccccc1)O2. The van der Waals surface area contributed by atoms with Crippen LogP contribution >= 0.6 is 0 Å². The minimum Gasteiger partial charge on any atom is -0.872 e. The molecular formula is C21H21NO4. The van der Waals surface area contributed by atoms with Crippen molar-refractivity contribution >= 4 is 11.9 Å². The first-order valence-electron chi connectivity index (χ1n) is 8.87. The summed E-state index contributed by atoms with van der Waals surface area (Å²) in [5, 5.41) is 12.6. The molecule has 0 saturated carbocycles. The lowest BCUT2D eigenvalue weighted by Crippen LogP contribution is -3.12. The Morgan fingerprint density at radius 2 is 1.92 bits per heavy atom. The number of hydrogen-bond donors (Lipinski definition) is 1. The van der Waals surface area contributed by atoms with Gasteiger partial charge in [0.15, 0.2) is 5.76 Å². The van der Waals surface area contributed by atoms with Crippen LogP contribution in [0.3, 0.4) is 0 Å². The zero-order valence-electron chi connectivity index (χ0n) is 14.7. The summed E-state index contributed by atoms with van der Waals surface area (Å²) in [7, 11) is 0. The first-order chi connectivity index (χ1) is 12.6. The zero-order chi connectivity index (χ0) is 18.1. The van der Waals surface area contributed by atoms with Crippen molar-refractivity contribution in [2.45, 2.75) is 13.5 Å². The van der Waals surface area contributed by atoms with Crippen LogP contribution in [0.4, 0.5) is 0 Å². The Morgan fingerprint density at radius 3 is 2.65 bits per heavy atom. The Balaban J connectivity index is 1.71. The summed E-state index contributed by atoms with van der Waals surface area (Å²) >= 11 is 0. The van der Waals surface area contributed by atoms with E-state index in [0.29, 0.717) is 42.2 Å². The average Bonchev–Trinajstić information content (AvgIpc) is 2.97. The van der Waals surface area contributed by atoms with Crippen LogP contribution in [0, 0.1) is 6.92 Å². The van der Waals surface area contributed by atoms with Gasteiger partial charge in [0.25, 0.3) is 0 Å². The lowest BCUT2D eigenvalue weighted by Gasteiger charge is -2.26. The van der Waals surface area contributed by atoms with Gasteiger partial charge < -0.3 is 19.5 Å². The number of morpholine rings is 1. The number of Topliss-reactive ketones (excluding diaryl/α,β-unsaturated/α-hetero) is 1. The monoisotopic (exact) mass is 351 g/mol. The van der Waals surface area contributed by atoms with Crippen molar-refractivity contribution in [1.82, 2.24) is 0 Å². The second-order valence-corrected chi connectivity index (χ2v) is 6.76. The minimum atomic E-state index is -0.153. The number of nitrogens with one attached hydrogen (secondary N) is 1. The van der Waals surface area contributed by atoms with Gasteiger partial charge in [-0.15, -0.1) is 0 Å². The number of hydrogen-bond acceptors (Lipinski definition) is 4. The summed E-state index contributed by atoms with van der Waals surface area (Å²) in [5.41, 5.74) is 2.68. The molecule has 1 saturated heterocycles. The van der Waals surface area contributed by atoms with Gasteiger partial charge >= 0.3 is 0 Å². The van der Waals surface area contributed by atoms with Crippen LogP contribution in [0.15, 0.2) is 42.2 Å². The standard InChI is InChI=1S/C21H21NO4/c1-14-11-17(23)16(13-22-7-9-25-10-8-22)21-19(14)20(24)18(26-21)12-15-5-3-2-4-6-15/h2-6,11-12,23H,7-10,13H2,1H3. The number of ether oxygens (including phenoxy) is 2. The number of carbonyl (C=O) groups is 1. The minimum absolute atomic E-state index is 0.0611. The Bertz CT molecular complexity index is 867. The highest BCUT2D eigenvalue weighted by atomic mass is 16.5. The summed E-state index contributed by atoms with van der Waals surface area (Å²) in [6, 6.07) is 11.1. The molecule has 2 aliphatic rings. The fourth-order valence-electron chi connectivity index (χ4n) is 3.52. The number of fused-ring (bicyclic) bond motifs is 1. The Labute approximate surface area is 152 Å². The molecule has 2 aliphatic heterocycles. The second kappa shape index (κ2) is 6.94. The fourth-order valence-corrected chi connectivity index (χ4v) is 3.52. The molecule has 5 nitrogen and oxygen atoms in total. The third-order valence-corrected chi connectivity index (χ3v) is 4.93. The lowest BCUT2D eigenvalue weighted by molar-refractivity contribution is -0.921. The second-order valence-electron chi connectivity index (χ2n) is 6.76. The highest BCUT2D eigenvalue weighted by Gasteiger charge is 2.33. The van der Waals surface area contributed by atoms with Crippen molar-refractivity contribution in [3.8, 4) is 11.5 Å². The molecule has 0 radical (unpaired) electrons. The van der Waals surface area contributed by atoms with Crippen molar-refractivity contribution in [3.63, 3.8) is 0 Å². The average molecular weight is 351 g/mol. The molecule has 2 heterocycles. The maximum atomic E-state index is 12.9. The van der Waals surface area contributed by atoms with Crippen molar-refractivity contribution in [2.75, 3.05) is 26.3 Å². The number of benzene rings is 2.